The maximum Gasteiger partial charge on any atom is 0.255 e. The van der Waals surface area contributed by atoms with Crippen LogP contribution >= 0.6 is 0 Å². The van der Waals surface area contributed by atoms with Crippen LogP contribution in [0.3, 0.4) is 0 Å². The van der Waals surface area contributed by atoms with Crippen LogP contribution in [0.2, 0.25) is 0 Å². The predicted octanol–water partition coefficient (Wildman–Crippen LogP) is 3.40. The van der Waals surface area contributed by atoms with Crippen LogP contribution in [0.15, 0.2) is 42.6 Å². The summed E-state index contributed by atoms with van der Waals surface area (Å²) in [4.78, 5) is 18.8. The fraction of sp³-hybridized carbons (Fsp3) is 0.350. The van der Waals surface area contributed by atoms with Crippen LogP contribution in [0.4, 0.5) is 0 Å². The number of hydrogen-bond acceptors (Lipinski definition) is 3. The van der Waals surface area contributed by atoms with Gasteiger partial charge in [0, 0.05) is 25.0 Å². The van der Waals surface area contributed by atoms with Gasteiger partial charge >= 0.3 is 0 Å². The van der Waals surface area contributed by atoms with Gasteiger partial charge < -0.3 is 4.90 Å². The van der Waals surface area contributed by atoms with Crippen molar-refractivity contribution >= 4 is 5.91 Å². The molecule has 1 fully saturated rings. The average molecular weight is 319 g/mol. The van der Waals surface area contributed by atoms with Crippen molar-refractivity contribution in [3.8, 4) is 6.07 Å². The first kappa shape index (κ1) is 16.2. The molecular formula is C20H21N3O. The highest BCUT2D eigenvalue weighted by atomic mass is 16.2. The molecule has 4 nitrogen and oxygen atoms in total. The molecule has 0 saturated carbocycles. The van der Waals surface area contributed by atoms with Crippen molar-refractivity contribution in [2.45, 2.75) is 32.1 Å². The Kier molecular flexibility index (Phi) is 4.35. The molecule has 2 aromatic rings. The highest BCUT2D eigenvalue weighted by Crippen LogP contribution is 2.35. The second-order valence-electron chi connectivity index (χ2n) is 6.48. The van der Waals surface area contributed by atoms with Crippen LogP contribution in [0.25, 0.3) is 0 Å². The van der Waals surface area contributed by atoms with Crippen molar-refractivity contribution in [1.82, 2.24) is 9.88 Å². The summed E-state index contributed by atoms with van der Waals surface area (Å²) in [5.41, 5.74) is 3.15. The van der Waals surface area contributed by atoms with Gasteiger partial charge in [-0.1, -0.05) is 30.3 Å². The third-order valence-electron chi connectivity index (χ3n) is 5.03. The number of amides is 1. The van der Waals surface area contributed by atoms with Crippen molar-refractivity contribution in [3.63, 3.8) is 0 Å². The summed E-state index contributed by atoms with van der Waals surface area (Å²) in [6, 6.07) is 14.3. The van der Waals surface area contributed by atoms with Gasteiger partial charge in [-0.05, 0) is 43.9 Å². The van der Waals surface area contributed by atoms with E-state index in [0.717, 1.165) is 16.8 Å². The first-order valence-electron chi connectivity index (χ1n) is 8.25. The van der Waals surface area contributed by atoms with E-state index < -0.39 is 5.41 Å². The molecule has 0 aliphatic carbocycles. The molecule has 122 valence electrons. The molecule has 4 heteroatoms. The average Bonchev–Trinajstić information content (AvgIpc) is 2.64. The van der Waals surface area contributed by atoms with E-state index in [1.165, 1.54) is 0 Å². The topological polar surface area (TPSA) is 57.0 Å². The van der Waals surface area contributed by atoms with Gasteiger partial charge in [-0.25, -0.2) is 0 Å². The standard InChI is InChI=1S/C20H21N3O/c1-15-12-17(13-22-16(15)2)19(24)23-10-8-20(14-21,9-11-23)18-6-4-3-5-7-18/h3-7,12-13H,8-11H2,1-2H3. The summed E-state index contributed by atoms with van der Waals surface area (Å²) in [5.74, 6) is 0.00482. The Balaban J connectivity index is 1.76. The van der Waals surface area contributed by atoms with Crippen LogP contribution in [0.1, 0.15) is 40.0 Å². The second kappa shape index (κ2) is 6.45. The van der Waals surface area contributed by atoms with Crippen LogP contribution < -0.4 is 0 Å². The minimum absolute atomic E-state index is 0.00482. The number of nitrogens with zero attached hydrogens (tertiary/aromatic N) is 3. The first-order chi connectivity index (χ1) is 11.6. The molecule has 1 saturated heterocycles. The number of pyridine rings is 1. The van der Waals surface area contributed by atoms with Crippen LogP contribution in [-0.4, -0.2) is 28.9 Å². The van der Waals surface area contributed by atoms with Gasteiger partial charge in [-0.3, -0.25) is 9.78 Å². The Hall–Kier alpha value is -2.67. The van der Waals surface area contributed by atoms with E-state index in [0.29, 0.717) is 31.5 Å². The molecular weight excluding hydrogens is 298 g/mol. The van der Waals surface area contributed by atoms with Crippen LogP contribution in [0.5, 0.6) is 0 Å². The molecule has 1 aromatic heterocycles. The largest absolute Gasteiger partial charge is 0.338 e. The van der Waals surface area contributed by atoms with Gasteiger partial charge in [-0.15, -0.1) is 0 Å². The van der Waals surface area contributed by atoms with Gasteiger partial charge in [-0.2, -0.15) is 5.26 Å². The lowest BCUT2D eigenvalue weighted by Gasteiger charge is -2.37. The Morgan fingerprint density at radius 2 is 1.88 bits per heavy atom. The molecule has 0 bridgehead atoms. The number of piperidine rings is 1. The maximum atomic E-state index is 12.7. The number of aryl methyl sites for hydroxylation is 2. The third-order valence-corrected chi connectivity index (χ3v) is 5.03. The number of benzene rings is 1. The van der Waals surface area contributed by atoms with Gasteiger partial charge in [0.25, 0.3) is 5.91 Å². The molecule has 0 atom stereocenters. The van der Waals surface area contributed by atoms with E-state index >= 15 is 0 Å². The number of carbonyl (C=O) groups excluding carboxylic acids is 1. The van der Waals surface area contributed by atoms with Crippen molar-refractivity contribution in [2.24, 2.45) is 0 Å². The quantitative estimate of drug-likeness (QED) is 0.852. The summed E-state index contributed by atoms with van der Waals surface area (Å²) < 4.78 is 0. The number of likely N-dealkylation sites (tertiary alicyclic amines) is 1. The first-order valence-corrected chi connectivity index (χ1v) is 8.25. The number of nitriles is 1. The zero-order valence-corrected chi connectivity index (χ0v) is 14.1. The lowest BCUT2D eigenvalue weighted by atomic mass is 9.74. The summed E-state index contributed by atoms with van der Waals surface area (Å²) in [6.07, 6.45) is 2.98. The molecule has 0 spiro atoms. The fourth-order valence-corrected chi connectivity index (χ4v) is 3.26. The number of hydrogen-bond donors (Lipinski definition) is 0. The summed E-state index contributed by atoms with van der Waals surface area (Å²) >= 11 is 0. The summed E-state index contributed by atoms with van der Waals surface area (Å²) in [6.45, 7) is 5.08. The van der Waals surface area contributed by atoms with E-state index in [1.54, 1.807) is 6.20 Å². The van der Waals surface area contributed by atoms with E-state index in [-0.39, 0.29) is 5.91 Å². The molecule has 0 radical (unpaired) electrons. The Labute approximate surface area is 142 Å². The molecule has 2 heterocycles. The van der Waals surface area contributed by atoms with E-state index in [9.17, 15) is 10.1 Å². The Bertz CT molecular complexity index is 784. The van der Waals surface area contributed by atoms with E-state index in [2.05, 4.69) is 11.1 Å². The minimum atomic E-state index is -0.487. The molecule has 3 rings (SSSR count). The third kappa shape index (κ3) is 2.90. The molecule has 1 aliphatic rings. The fourth-order valence-electron chi connectivity index (χ4n) is 3.26. The molecule has 24 heavy (non-hydrogen) atoms. The van der Waals surface area contributed by atoms with Gasteiger partial charge in [0.05, 0.1) is 17.0 Å². The van der Waals surface area contributed by atoms with E-state index in [4.69, 9.17) is 0 Å². The smallest absolute Gasteiger partial charge is 0.255 e. The van der Waals surface area contributed by atoms with Gasteiger partial charge in [0.2, 0.25) is 0 Å². The monoisotopic (exact) mass is 319 g/mol. The maximum absolute atomic E-state index is 12.7. The zero-order valence-electron chi connectivity index (χ0n) is 14.1. The number of rotatable bonds is 2. The molecule has 0 unspecified atom stereocenters. The molecule has 1 aliphatic heterocycles. The molecule has 1 aromatic carbocycles. The Morgan fingerprint density at radius 1 is 1.21 bits per heavy atom. The molecule has 0 N–H and O–H groups in total. The second-order valence-corrected chi connectivity index (χ2v) is 6.48. The zero-order chi connectivity index (χ0) is 17.2. The van der Waals surface area contributed by atoms with Crippen molar-refractivity contribution in [1.29, 1.82) is 5.26 Å². The van der Waals surface area contributed by atoms with Gasteiger partial charge in [0.15, 0.2) is 0 Å². The van der Waals surface area contributed by atoms with Crippen molar-refractivity contribution in [2.75, 3.05) is 13.1 Å². The lowest BCUT2D eigenvalue weighted by Crippen LogP contribution is -2.44. The van der Waals surface area contributed by atoms with Crippen molar-refractivity contribution in [3.05, 3.63) is 65.0 Å². The number of aromatic nitrogens is 1. The lowest BCUT2D eigenvalue weighted by molar-refractivity contribution is 0.0691. The van der Waals surface area contributed by atoms with Gasteiger partial charge in [0.1, 0.15) is 0 Å². The molecule has 1 amide bonds. The number of carbonyl (C=O) groups is 1. The Morgan fingerprint density at radius 3 is 2.46 bits per heavy atom. The predicted molar refractivity (Wildman–Crippen MR) is 92.6 cm³/mol. The highest BCUT2D eigenvalue weighted by Gasteiger charge is 2.37. The van der Waals surface area contributed by atoms with Crippen molar-refractivity contribution < 1.29 is 4.79 Å². The summed E-state index contributed by atoms with van der Waals surface area (Å²) in [5, 5.41) is 9.74. The van der Waals surface area contributed by atoms with E-state index in [1.807, 2.05) is 55.1 Å². The highest BCUT2D eigenvalue weighted by molar-refractivity contribution is 5.94. The van der Waals surface area contributed by atoms with Crippen LogP contribution in [-0.2, 0) is 5.41 Å². The normalized spacial score (nSPS) is 16.5. The van der Waals surface area contributed by atoms with Crippen LogP contribution in [0, 0.1) is 25.2 Å². The SMILES string of the molecule is Cc1cc(C(=O)N2CCC(C#N)(c3ccccc3)CC2)cnc1C. The summed E-state index contributed by atoms with van der Waals surface area (Å²) in [7, 11) is 0. The minimum Gasteiger partial charge on any atom is -0.338 e.